The van der Waals surface area contributed by atoms with Crippen LogP contribution in [0.4, 0.5) is 0 Å². The molecule has 0 bridgehead atoms. The number of benzene rings is 2. The Labute approximate surface area is 198 Å². The molecule has 0 unspecified atom stereocenters. The van der Waals surface area contributed by atoms with Gasteiger partial charge in [0.15, 0.2) is 16.6 Å². The molecule has 0 atom stereocenters. The molecule has 1 saturated carbocycles. The van der Waals surface area contributed by atoms with Crippen LogP contribution in [-0.4, -0.2) is 32.7 Å². The van der Waals surface area contributed by atoms with Crippen LogP contribution in [0, 0.1) is 5.92 Å². The van der Waals surface area contributed by atoms with Crippen molar-refractivity contribution in [1.29, 1.82) is 0 Å². The van der Waals surface area contributed by atoms with Crippen LogP contribution in [0.1, 0.15) is 52.5 Å². The van der Waals surface area contributed by atoms with Crippen molar-refractivity contribution in [3.05, 3.63) is 57.3 Å². The molecular weight excluding hydrogens is 467 g/mol. The van der Waals surface area contributed by atoms with Gasteiger partial charge in [0.05, 0.1) is 21.3 Å². The zero-order valence-corrected chi connectivity index (χ0v) is 19.4. The monoisotopic (exact) mass is 486 g/mol. The van der Waals surface area contributed by atoms with E-state index in [1.54, 1.807) is 24.3 Å². The van der Waals surface area contributed by atoms with E-state index in [0.717, 1.165) is 41.4 Å². The highest BCUT2D eigenvalue weighted by molar-refractivity contribution is 7.20. The minimum Gasteiger partial charge on any atom is -0.347 e. The molecule has 1 amide bonds. The fraction of sp³-hybridized carbons (Fsp3) is 0.304. The smallest absolute Gasteiger partial charge is 0.287 e. The SMILES string of the molecule is O=C(NC1CCC(CC(=O)c2nc3cc(Cl)ccc3s2)CC1)c1nc2ccc(Cl)cc2[nH]1. The van der Waals surface area contributed by atoms with Gasteiger partial charge in [-0.3, -0.25) is 9.59 Å². The molecule has 164 valence electrons. The van der Waals surface area contributed by atoms with E-state index in [-0.39, 0.29) is 23.6 Å². The van der Waals surface area contributed by atoms with Gasteiger partial charge in [-0.2, -0.15) is 0 Å². The van der Waals surface area contributed by atoms with E-state index < -0.39 is 0 Å². The maximum Gasteiger partial charge on any atom is 0.287 e. The van der Waals surface area contributed by atoms with Gasteiger partial charge in [0.2, 0.25) is 0 Å². The Morgan fingerprint density at radius 1 is 1.00 bits per heavy atom. The molecule has 0 aliphatic heterocycles. The number of ketones is 1. The topological polar surface area (TPSA) is 87.7 Å². The van der Waals surface area contributed by atoms with Gasteiger partial charge in [0.25, 0.3) is 5.91 Å². The number of amides is 1. The van der Waals surface area contributed by atoms with Crippen LogP contribution in [0.5, 0.6) is 0 Å². The van der Waals surface area contributed by atoms with Crippen LogP contribution in [0.25, 0.3) is 21.3 Å². The summed E-state index contributed by atoms with van der Waals surface area (Å²) in [4.78, 5) is 37.2. The Bertz CT molecular complexity index is 1220. The van der Waals surface area contributed by atoms with Gasteiger partial charge in [-0.05, 0) is 68.0 Å². The number of aromatic nitrogens is 3. The molecular formula is C23H20Cl2N4O2S. The lowest BCUT2D eigenvalue weighted by Crippen LogP contribution is -2.38. The highest BCUT2D eigenvalue weighted by Gasteiger charge is 2.26. The van der Waals surface area contributed by atoms with Crippen molar-refractivity contribution in [2.24, 2.45) is 5.92 Å². The third-order valence-corrected chi connectivity index (χ3v) is 7.45. The van der Waals surface area contributed by atoms with E-state index in [4.69, 9.17) is 23.2 Å². The lowest BCUT2D eigenvalue weighted by atomic mass is 9.83. The van der Waals surface area contributed by atoms with Crippen molar-refractivity contribution in [3.8, 4) is 0 Å². The van der Waals surface area contributed by atoms with E-state index in [1.165, 1.54) is 11.3 Å². The van der Waals surface area contributed by atoms with E-state index in [9.17, 15) is 9.59 Å². The molecule has 0 saturated heterocycles. The number of nitrogens with zero attached hydrogens (tertiary/aromatic N) is 2. The Kier molecular flexibility index (Phi) is 5.88. The molecule has 32 heavy (non-hydrogen) atoms. The molecule has 2 heterocycles. The Morgan fingerprint density at radius 2 is 1.75 bits per heavy atom. The van der Waals surface area contributed by atoms with Crippen LogP contribution < -0.4 is 5.32 Å². The number of hydrogen-bond acceptors (Lipinski definition) is 5. The van der Waals surface area contributed by atoms with Crippen LogP contribution in [0.3, 0.4) is 0 Å². The Hall–Kier alpha value is -2.48. The summed E-state index contributed by atoms with van der Waals surface area (Å²) in [5.41, 5.74) is 2.21. The second-order valence-corrected chi connectivity index (χ2v) is 10.1. The Balaban J connectivity index is 1.15. The molecule has 9 heteroatoms. The second-order valence-electron chi connectivity index (χ2n) is 8.20. The number of halogens is 2. The fourth-order valence-electron chi connectivity index (χ4n) is 4.22. The number of hydrogen-bond donors (Lipinski definition) is 2. The first-order chi connectivity index (χ1) is 15.4. The molecule has 5 rings (SSSR count). The first-order valence-electron chi connectivity index (χ1n) is 10.5. The normalized spacial score (nSPS) is 18.8. The number of thiazole rings is 1. The van der Waals surface area contributed by atoms with E-state index >= 15 is 0 Å². The molecule has 4 aromatic rings. The lowest BCUT2D eigenvalue weighted by Gasteiger charge is -2.28. The van der Waals surface area contributed by atoms with Crippen molar-refractivity contribution in [1.82, 2.24) is 20.3 Å². The lowest BCUT2D eigenvalue weighted by molar-refractivity contribution is 0.0890. The maximum atomic E-state index is 12.7. The number of rotatable bonds is 5. The van der Waals surface area contributed by atoms with Crippen molar-refractivity contribution in [2.45, 2.75) is 38.1 Å². The zero-order chi connectivity index (χ0) is 22.2. The van der Waals surface area contributed by atoms with Crippen molar-refractivity contribution >= 4 is 67.5 Å². The van der Waals surface area contributed by atoms with Crippen LogP contribution >= 0.6 is 34.5 Å². The quantitative estimate of drug-likeness (QED) is 0.336. The average Bonchev–Trinajstić information content (AvgIpc) is 3.38. The maximum absolute atomic E-state index is 12.7. The first-order valence-corrected chi connectivity index (χ1v) is 12.1. The van der Waals surface area contributed by atoms with Gasteiger partial charge in [-0.1, -0.05) is 23.2 Å². The molecule has 2 N–H and O–H groups in total. The highest BCUT2D eigenvalue weighted by Crippen LogP contribution is 2.31. The molecule has 0 radical (unpaired) electrons. The number of aromatic amines is 1. The van der Waals surface area contributed by atoms with E-state index in [0.29, 0.717) is 32.9 Å². The van der Waals surface area contributed by atoms with Crippen LogP contribution in [0.15, 0.2) is 36.4 Å². The Morgan fingerprint density at radius 3 is 2.56 bits per heavy atom. The number of carbonyl (C=O) groups excluding carboxylic acids is 2. The molecule has 2 aromatic heterocycles. The summed E-state index contributed by atoms with van der Waals surface area (Å²) in [5, 5.41) is 4.82. The van der Waals surface area contributed by atoms with Crippen LogP contribution in [0.2, 0.25) is 10.0 Å². The van der Waals surface area contributed by atoms with Crippen molar-refractivity contribution in [3.63, 3.8) is 0 Å². The van der Waals surface area contributed by atoms with Gasteiger partial charge in [0, 0.05) is 22.5 Å². The number of Topliss-reactive ketones (excluding diaryl/α,β-unsaturated/α-hetero) is 1. The van der Waals surface area contributed by atoms with Gasteiger partial charge < -0.3 is 10.3 Å². The van der Waals surface area contributed by atoms with Gasteiger partial charge in [-0.15, -0.1) is 11.3 Å². The number of fused-ring (bicyclic) bond motifs is 2. The summed E-state index contributed by atoms with van der Waals surface area (Å²) in [7, 11) is 0. The number of H-pyrrole nitrogens is 1. The second kappa shape index (κ2) is 8.81. The summed E-state index contributed by atoms with van der Waals surface area (Å²) in [5.74, 6) is 0.454. The summed E-state index contributed by atoms with van der Waals surface area (Å²) in [6.07, 6.45) is 3.95. The average molecular weight is 487 g/mol. The third-order valence-electron chi connectivity index (χ3n) is 5.90. The predicted octanol–water partition coefficient (Wildman–Crippen LogP) is 6.04. The van der Waals surface area contributed by atoms with E-state index in [1.807, 2.05) is 12.1 Å². The fourth-order valence-corrected chi connectivity index (χ4v) is 5.46. The standard InChI is InChI=1S/C23H20Cl2N4O2S/c24-13-3-7-16-17(10-13)28-21(27-16)22(31)26-15-5-1-12(2-6-15)9-19(30)23-29-18-11-14(25)4-8-20(18)32-23/h3-4,7-8,10-12,15H,1-2,5-6,9H2,(H,26,31)(H,27,28). The minimum absolute atomic E-state index is 0.0789. The van der Waals surface area contributed by atoms with Gasteiger partial charge in [0.1, 0.15) is 0 Å². The summed E-state index contributed by atoms with van der Waals surface area (Å²) < 4.78 is 0.969. The summed E-state index contributed by atoms with van der Waals surface area (Å²) in [6, 6.07) is 10.9. The van der Waals surface area contributed by atoms with E-state index in [2.05, 4.69) is 20.3 Å². The molecule has 0 spiro atoms. The molecule has 1 aliphatic rings. The minimum atomic E-state index is -0.218. The number of imidazole rings is 1. The molecule has 1 aliphatic carbocycles. The third kappa shape index (κ3) is 4.51. The van der Waals surface area contributed by atoms with Crippen molar-refractivity contribution < 1.29 is 9.59 Å². The summed E-state index contributed by atoms with van der Waals surface area (Å²) in [6.45, 7) is 0. The van der Waals surface area contributed by atoms with Gasteiger partial charge in [-0.25, -0.2) is 9.97 Å². The highest BCUT2D eigenvalue weighted by atomic mass is 35.5. The number of nitrogens with one attached hydrogen (secondary N) is 2. The van der Waals surface area contributed by atoms with Gasteiger partial charge >= 0.3 is 0 Å². The molecule has 6 nitrogen and oxygen atoms in total. The van der Waals surface area contributed by atoms with Crippen molar-refractivity contribution in [2.75, 3.05) is 0 Å². The molecule has 2 aromatic carbocycles. The van der Waals surface area contributed by atoms with Crippen LogP contribution in [-0.2, 0) is 0 Å². The number of carbonyl (C=O) groups is 2. The zero-order valence-electron chi connectivity index (χ0n) is 17.0. The summed E-state index contributed by atoms with van der Waals surface area (Å²) >= 11 is 13.4. The largest absolute Gasteiger partial charge is 0.347 e. The molecule has 1 fully saturated rings. The first kappa shape index (κ1) is 21.4. The predicted molar refractivity (Wildman–Crippen MR) is 128 cm³/mol.